The van der Waals surface area contributed by atoms with Crippen LogP contribution in [0.4, 0.5) is 0 Å². The molecule has 0 aromatic rings. The quantitative estimate of drug-likeness (QED) is 0.0979. The molecule has 0 aromatic carbocycles. The number of aliphatic hydroxyl groups excluding tert-OH is 3. The fourth-order valence-corrected chi connectivity index (χ4v) is 3.02. The third-order valence-corrected chi connectivity index (χ3v) is 4.90. The summed E-state index contributed by atoms with van der Waals surface area (Å²) in [5, 5.41) is 47.1. The minimum absolute atomic E-state index is 0.164. The van der Waals surface area contributed by atoms with Crippen LogP contribution in [0.1, 0.15) is 96.8 Å². The van der Waals surface area contributed by atoms with Gasteiger partial charge in [-0.25, -0.2) is 9.59 Å². The van der Waals surface area contributed by atoms with Crippen LogP contribution in [0.5, 0.6) is 0 Å². The molecule has 0 heterocycles. The maximum absolute atomic E-state index is 11.5. The molecule has 8 nitrogen and oxygen atoms in total. The van der Waals surface area contributed by atoms with Crippen LogP contribution in [-0.2, 0) is 14.3 Å². The molecule has 5 N–H and O–H groups in total. The lowest BCUT2D eigenvalue weighted by molar-refractivity contribution is -0.173. The van der Waals surface area contributed by atoms with E-state index in [9.17, 15) is 24.9 Å². The number of rotatable bonds is 18. The Morgan fingerprint density at radius 2 is 1.21 bits per heavy atom. The van der Waals surface area contributed by atoms with Gasteiger partial charge in [0.25, 0.3) is 0 Å². The van der Waals surface area contributed by atoms with E-state index in [0.29, 0.717) is 19.3 Å². The third kappa shape index (κ3) is 15.4. The zero-order chi connectivity index (χ0) is 22.1. The predicted octanol–water partition coefficient (Wildman–Crippen LogP) is 1.93. The van der Waals surface area contributed by atoms with Crippen LogP contribution in [0, 0.1) is 0 Å². The summed E-state index contributed by atoms with van der Waals surface area (Å²) in [4.78, 5) is 22.6. The smallest absolute Gasteiger partial charge is 0.345 e. The second-order valence-electron chi connectivity index (χ2n) is 7.76. The number of aliphatic hydroxyl groups is 5. The van der Waals surface area contributed by atoms with Gasteiger partial charge in [0, 0.05) is 12.8 Å². The number of unbranched alkanes of at least 4 members (excludes halogenated alkanes) is 9. The molecule has 0 radical (unpaired) electrons. The van der Waals surface area contributed by atoms with Gasteiger partial charge < -0.3 is 30.3 Å². The summed E-state index contributed by atoms with van der Waals surface area (Å²) in [6.07, 6.45) is 7.95. The minimum atomic E-state index is -1.78. The highest BCUT2D eigenvalue weighted by Crippen LogP contribution is 2.20. The number of carbonyl (C=O) groups is 2. The molecule has 0 bridgehead atoms. The number of hydrogen-bond donors (Lipinski definition) is 5. The Kier molecular flexibility index (Phi) is 16.1. The Hall–Kier alpha value is -1.06. The molecular weight excluding hydrogens is 380 g/mol. The first-order valence-corrected chi connectivity index (χ1v) is 10.9. The van der Waals surface area contributed by atoms with E-state index in [2.05, 4.69) is 11.7 Å². The van der Waals surface area contributed by atoms with Crippen molar-refractivity contribution in [1.29, 1.82) is 0 Å². The molecule has 0 aliphatic carbocycles. The SMILES string of the molecule is CCCCCCC(O)(O)CCCCCCCCCC(O)C(=O)OC(=O)C(O)CO. The van der Waals surface area contributed by atoms with Gasteiger partial charge in [0.05, 0.1) is 6.61 Å². The molecule has 8 heteroatoms. The van der Waals surface area contributed by atoms with Gasteiger partial charge in [0.2, 0.25) is 0 Å². The van der Waals surface area contributed by atoms with Gasteiger partial charge in [-0.3, -0.25) is 0 Å². The van der Waals surface area contributed by atoms with Crippen LogP contribution in [0.15, 0.2) is 0 Å². The lowest BCUT2D eigenvalue weighted by atomic mass is 9.99. The maximum Gasteiger partial charge on any atom is 0.345 e. The molecule has 0 amide bonds. The Balaban J connectivity index is 3.63. The molecule has 0 aliphatic heterocycles. The molecule has 0 aromatic heterocycles. The second kappa shape index (κ2) is 16.7. The van der Waals surface area contributed by atoms with Gasteiger partial charge in [-0.2, -0.15) is 0 Å². The molecule has 0 fully saturated rings. The van der Waals surface area contributed by atoms with E-state index < -0.39 is 36.5 Å². The zero-order valence-corrected chi connectivity index (χ0v) is 17.7. The standard InChI is InChI=1S/C21H40O8/c1-2-3-4-11-14-21(27,28)15-12-9-7-5-6-8-10-13-17(23)19(25)29-20(26)18(24)16-22/h17-18,22-24,27-28H,2-16H2,1H3. The van der Waals surface area contributed by atoms with Crippen molar-refractivity contribution in [2.45, 2.75) is 115 Å². The van der Waals surface area contributed by atoms with E-state index in [0.717, 1.165) is 64.2 Å². The van der Waals surface area contributed by atoms with Crippen LogP contribution in [0.2, 0.25) is 0 Å². The Labute approximate surface area is 173 Å². The lowest BCUT2D eigenvalue weighted by Crippen LogP contribution is -2.33. The highest BCUT2D eigenvalue weighted by molar-refractivity contribution is 5.89. The second-order valence-corrected chi connectivity index (χ2v) is 7.76. The average molecular weight is 421 g/mol. The fraction of sp³-hybridized carbons (Fsp3) is 0.905. The molecule has 29 heavy (non-hydrogen) atoms. The van der Waals surface area contributed by atoms with Gasteiger partial charge in [0.15, 0.2) is 18.0 Å². The first-order valence-electron chi connectivity index (χ1n) is 10.9. The van der Waals surface area contributed by atoms with Gasteiger partial charge in [0.1, 0.15) is 0 Å². The van der Waals surface area contributed by atoms with Gasteiger partial charge in [-0.15, -0.1) is 0 Å². The fourth-order valence-electron chi connectivity index (χ4n) is 3.02. The molecule has 172 valence electrons. The van der Waals surface area contributed by atoms with Crippen LogP contribution < -0.4 is 0 Å². The third-order valence-electron chi connectivity index (χ3n) is 4.90. The maximum atomic E-state index is 11.5. The molecule has 2 unspecified atom stereocenters. The lowest BCUT2D eigenvalue weighted by Gasteiger charge is -2.21. The molecule has 0 rings (SSSR count). The highest BCUT2D eigenvalue weighted by atomic mass is 16.6. The summed E-state index contributed by atoms with van der Waals surface area (Å²) in [7, 11) is 0. The predicted molar refractivity (Wildman–Crippen MR) is 108 cm³/mol. The van der Waals surface area contributed by atoms with Gasteiger partial charge in [-0.05, 0) is 19.3 Å². The summed E-state index contributed by atoms with van der Waals surface area (Å²) in [6.45, 7) is 1.27. The molecular formula is C21H40O8. The van der Waals surface area contributed by atoms with Crippen molar-refractivity contribution >= 4 is 11.9 Å². The van der Waals surface area contributed by atoms with Crippen molar-refractivity contribution in [2.75, 3.05) is 6.61 Å². The Morgan fingerprint density at radius 1 is 0.759 bits per heavy atom. The van der Waals surface area contributed by atoms with Crippen molar-refractivity contribution in [1.82, 2.24) is 0 Å². The Bertz CT molecular complexity index is 438. The summed E-state index contributed by atoms with van der Waals surface area (Å²) in [6, 6.07) is 0. The van der Waals surface area contributed by atoms with E-state index in [1.165, 1.54) is 0 Å². The average Bonchev–Trinajstić information content (AvgIpc) is 2.68. The number of hydrogen-bond acceptors (Lipinski definition) is 8. The molecule has 0 saturated carbocycles. The van der Waals surface area contributed by atoms with Crippen molar-refractivity contribution in [3.05, 3.63) is 0 Å². The first kappa shape index (κ1) is 27.9. The molecule has 0 saturated heterocycles. The molecule has 2 atom stereocenters. The molecule has 0 spiro atoms. The van der Waals surface area contributed by atoms with Gasteiger partial charge in [-0.1, -0.05) is 64.7 Å². The first-order chi connectivity index (χ1) is 13.7. The summed E-state index contributed by atoms with van der Waals surface area (Å²) < 4.78 is 4.27. The number of ether oxygens (including phenoxy) is 1. The van der Waals surface area contributed by atoms with E-state index in [1.54, 1.807) is 0 Å². The van der Waals surface area contributed by atoms with Crippen LogP contribution in [0.25, 0.3) is 0 Å². The van der Waals surface area contributed by atoms with E-state index >= 15 is 0 Å². The van der Waals surface area contributed by atoms with Crippen molar-refractivity contribution < 1.29 is 39.9 Å². The van der Waals surface area contributed by atoms with Crippen LogP contribution in [-0.4, -0.2) is 62.1 Å². The summed E-state index contributed by atoms with van der Waals surface area (Å²) >= 11 is 0. The van der Waals surface area contributed by atoms with Gasteiger partial charge >= 0.3 is 11.9 Å². The molecule has 0 aliphatic rings. The van der Waals surface area contributed by atoms with Crippen molar-refractivity contribution in [3.63, 3.8) is 0 Å². The van der Waals surface area contributed by atoms with E-state index in [4.69, 9.17) is 10.2 Å². The minimum Gasteiger partial charge on any atom is -0.393 e. The zero-order valence-electron chi connectivity index (χ0n) is 17.7. The topological polar surface area (TPSA) is 145 Å². The monoisotopic (exact) mass is 420 g/mol. The van der Waals surface area contributed by atoms with E-state index in [1.807, 2.05) is 0 Å². The number of carbonyl (C=O) groups excluding carboxylic acids is 2. The highest BCUT2D eigenvalue weighted by Gasteiger charge is 2.24. The van der Waals surface area contributed by atoms with Crippen molar-refractivity contribution in [2.24, 2.45) is 0 Å². The van der Waals surface area contributed by atoms with Crippen LogP contribution >= 0.6 is 0 Å². The largest absolute Gasteiger partial charge is 0.393 e. The van der Waals surface area contributed by atoms with E-state index in [-0.39, 0.29) is 6.42 Å². The summed E-state index contributed by atoms with van der Waals surface area (Å²) in [5.41, 5.74) is 0. The Morgan fingerprint density at radius 3 is 1.72 bits per heavy atom. The summed E-state index contributed by atoms with van der Waals surface area (Å²) in [5.74, 6) is -3.94. The normalized spacial score (nSPS) is 13.9. The van der Waals surface area contributed by atoms with Crippen molar-refractivity contribution in [3.8, 4) is 0 Å². The van der Waals surface area contributed by atoms with Crippen LogP contribution in [0.3, 0.4) is 0 Å². The number of esters is 2.